The van der Waals surface area contributed by atoms with Crippen LogP contribution in [0.25, 0.3) is 0 Å². The second kappa shape index (κ2) is 6.37. The lowest BCUT2D eigenvalue weighted by molar-refractivity contribution is -0.167. The van der Waals surface area contributed by atoms with E-state index in [-0.39, 0.29) is 35.9 Å². The zero-order valence-electron chi connectivity index (χ0n) is 12.7. The van der Waals surface area contributed by atoms with Crippen LogP contribution in [0.4, 0.5) is 0 Å². The Balaban J connectivity index is 1.41. The van der Waals surface area contributed by atoms with Crippen LogP contribution >= 0.6 is 0 Å². The number of hydrogen-bond donors (Lipinski definition) is 2. The summed E-state index contributed by atoms with van der Waals surface area (Å²) in [5, 5.41) is 12.1. The van der Waals surface area contributed by atoms with Crippen LogP contribution < -0.4 is 5.32 Å². The van der Waals surface area contributed by atoms with Crippen molar-refractivity contribution in [1.82, 2.24) is 15.2 Å². The number of likely N-dealkylation sites (tertiary alicyclic amines) is 1. The minimum absolute atomic E-state index is 0.0145. The smallest absolute Gasteiger partial charge is 0.273 e. The normalized spacial score (nSPS) is 18.5. The number of aromatic hydroxyl groups is 1. The molecule has 1 aromatic rings. The van der Waals surface area contributed by atoms with Crippen molar-refractivity contribution in [2.24, 2.45) is 0 Å². The Bertz CT molecular complexity index is 638. The van der Waals surface area contributed by atoms with Crippen LogP contribution in [0, 0.1) is 0 Å². The van der Waals surface area contributed by atoms with E-state index in [9.17, 15) is 14.7 Å². The van der Waals surface area contributed by atoms with Crippen LogP contribution in [0.2, 0.25) is 0 Å². The zero-order chi connectivity index (χ0) is 16.3. The number of carbonyl (C=O) groups is 2. The summed E-state index contributed by atoms with van der Waals surface area (Å²) < 4.78 is 5.71. The van der Waals surface area contributed by atoms with Crippen molar-refractivity contribution in [3.8, 4) is 5.75 Å². The number of ether oxygens (including phenoxy) is 1. The van der Waals surface area contributed by atoms with E-state index >= 15 is 0 Å². The van der Waals surface area contributed by atoms with Gasteiger partial charge in [0.2, 0.25) is 5.91 Å². The summed E-state index contributed by atoms with van der Waals surface area (Å²) in [6.45, 7) is 2.01. The second-order valence-corrected chi connectivity index (χ2v) is 5.80. The molecule has 2 N–H and O–H groups in total. The first-order valence-corrected chi connectivity index (χ1v) is 7.59. The fourth-order valence-corrected chi connectivity index (χ4v) is 2.79. The molecule has 0 radical (unpaired) electrons. The third-order valence-electron chi connectivity index (χ3n) is 4.08. The van der Waals surface area contributed by atoms with Crippen molar-refractivity contribution in [2.75, 3.05) is 26.2 Å². The van der Waals surface area contributed by atoms with Gasteiger partial charge in [-0.05, 0) is 18.6 Å². The first-order valence-electron chi connectivity index (χ1n) is 7.59. The number of hydrogen-bond acceptors (Lipinski definition) is 5. The lowest BCUT2D eigenvalue weighted by atomic mass is 9.88. The van der Waals surface area contributed by atoms with E-state index in [0.29, 0.717) is 19.7 Å². The molecule has 3 rings (SSSR count). The standard InChI is InChI=1S/C16H19N3O4/c20-12-4-3-7-17-14(12)15(22)18-8-5-13(21)19-10-16(11-19)6-1-2-9-23-16/h1-4,7,20H,5-6,8-11H2,(H,18,22). The fraction of sp³-hybridized carbons (Fsp3) is 0.438. The van der Waals surface area contributed by atoms with E-state index in [0.717, 1.165) is 6.42 Å². The van der Waals surface area contributed by atoms with Crippen molar-refractivity contribution in [2.45, 2.75) is 18.4 Å². The molecule has 0 atom stereocenters. The Morgan fingerprint density at radius 2 is 2.22 bits per heavy atom. The average molecular weight is 317 g/mol. The molecule has 1 saturated heterocycles. The first kappa shape index (κ1) is 15.5. The highest BCUT2D eigenvalue weighted by molar-refractivity contribution is 5.94. The number of nitrogens with zero attached hydrogens (tertiary/aromatic N) is 2. The highest BCUT2D eigenvalue weighted by Crippen LogP contribution is 2.31. The third kappa shape index (κ3) is 3.34. The number of pyridine rings is 1. The van der Waals surface area contributed by atoms with Crippen molar-refractivity contribution >= 4 is 11.8 Å². The zero-order valence-corrected chi connectivity index (χ0v) is 12.7. The maximum atomic E-state index is 12.1. The Hall–Kier alpha value is -2.41. The second-order valence-electron chi connectivity index (χ2n) is 5.80. The van der Waals surface area contributed by atoms with Gasteiger partial charge in [-0.15, -0.1) is 0 Å². The van der Waals surface area contributed by atoms with E-state index in [2.05, 4.69) is 16.4 Å². The van der Waals surface area contributed by atoms with Gasteiger partial charge in [0.1, 0.15) is 11.4 Å². The van der Waals surface area contributed by atoms with Gasteiger partial charge in [-0.2, -0.15) is 0 Å². The molecular formula is C16H19N3O4. The SMILES string of the molecule is O=C(NCCC(=O)N1CC2(CC=CCO2)C1)c1ncccc1O. The summed E-state index contributed by atoms with van der Waals surface area (Å²) >= 11 is 0. The molecule has 23 heavy (non-hydrogen) atoms. The largest absolute Gasteiger partial charge is 0.505 e. The van der Waals surface area contributed by atoms with Gasteiger partial charge in [-0.1, -0.05) is 12.2 Å². The molecule has 0 aromatic carbocycles. The molecule has 1 aromatic heterocycles. The number of amides is 2. The van der Waals surface area contributed by atoms with E-state index in [1.165, 1.54) is 18.3 Å². The predicted molar refractivity (Wildman–Crippen MR) is 81.9 cm³/mol. The van der Waals surface area contributed by atoms with Crippen molar-refractivity contribution in [1.29, 1.82) is 0 Å². The molecular weight excluding hydrogens is 298 g/mol. The quantitative estimate of drug-likeness (QED) is 0.788. The fourth-order valence-electron chi connectivity index (χ4n) is 2.79. The Kier molecular flexibility index (Phi) is 4.29. The predicted octanol–water partition coefficient (Wildman–Crippen LogP) is 0.465. The molecule has 7 nitrogen and oxygen atoms in total. The van der Waals surface area contributed by atoms with E-state index in [4.69, 9.17) is 4.74 Å². The molecule has 0 aliphatic carbocycles. The monoisotopic (exact) mass is 317 g/mol. The molecule has 7 heteroatoms. The summed E-state index contributed by atoms with van der Waals surface area (Å²) in [7, 11) is 0. The van der Waals surface area contributed by atoms with E-state index in [1.807, 2.05) is 6.08 Å². The van der Waals surface area contributed by atoms with Gasteiger partial charge >= 0.3 is 0 Å². The van der Waals surface area contributed by atoms with Gasteiger partial charge in [0.05, 0.1) is 19.7 Å². The van der Waals surface area contributed by atoms with Gasteiger partial charge in [0.25, 0.3) is 5.91 Å². The molecule has 2 amide bonds. The molecule has 0 unspecified atom stereocenters. The topological polar surface area (TPSA) is 91.8 Å². The lowest BCUT2D eigenvalue weighted by Crippen LogP contribution is -2.65. The Morgan fingerprint density at radius 1 is 1.39 bits per heavy atom. The molecule has 1 fully saturated rings. The van der Waals surface area contributed by atoms with Crippen LogP contribution in [0.3, 0.4) is 0 Å². The van der Waals surface area contributed by atoms with Crippen molar-refractivity contribution < 1.29 is 19.4 Å². The Labute approximate surface area is 134 Å². The highest BCUT2D eigenvalue weighted by atomic mass is 16.5. The number of rotatable bonds is 4. The molecule has 1 spiro atoms. The van der Waals surface area contributed by atoms with Gasteiger partial charge in [-0.25, -0.2) is 4.98 Å². The molecule has 2 aliphatic rings. The van der Waals surface area contributed by atoms with Gasteiger partial charge in [-0.3, -0.25) is 9.59 Å². The van der Waals surface area contributed by atoms with Gasteiger partial charge in [0.15, 0.2) is 5.69 Å². The molecule has 2 aliphatic heterocycles. The maximum Gasteiger partial charge on any atom is 0.273 e. The maximum absolute atomic E-state index is 12.1. The van der Waals surface area contributed by atoms with Crippen molar-refractivity contribution in [3.63, 3.8) is 0 Å². The van der Waals surface area contributed by atoms with Crippen LogP contribution in [-0.4, -0.2) is 58.6 Å². The lowest BCUT2D eigenvalue weighted by Gasteiger charge is -2.50. The summed E-state index contributed by atoms with van der Waals surface area (Å²) in [6, 6.07) is 2.93. The molecule has 3 heterocycles. The summed E-state index contributed by atoms with van der Waals surface area (Å²) in [5.41, 5.74) is -0.238. The summed E-state index contributed by atoms with van der Waals surface area (Å²) in [5.74, 6) is -0.681. The number of aromatic nitrogens is 1. The van der Waals surface area contributed by atoms with Gasteiger partial charge in [0, 0.05) is 19.2 Å². The molecule has 0 saturated carbocycles. The van der Waals surface area contributed by atoms with E-state index < -0.39 is 5.91 Å². The highest BCUT2D eigenvalue weighted by Gasteiger charge is 2.45. The number of nitrogens with one attached hydrogen (secondary N) is 1. The minimum Gasteiger partial charge on any atom is -0.505 e. The minimum atomic E-state index is -0.489. The van der Waals surface area contributed by atoms with Crippen LogP contribution in [-0.2, 0) is 9.53 Å². The molecule has 0 bridgehead atoms. The number of carbonyl (C=O) groups excluding carboxylic acids is 2. The van der Waals surface area contributed by atoms with Crippen LogP contribution in [0.1, 0.15) is 23.3 Å². The summed E-state index contributed by atoms with van der Waals surface area (Å²) in [4.78, 5) is 29.5. The van der Waals surface area contributed by atoms with Crippen molar-refractivity contribution in [3.05, 3.63) is 36.2 Å². The first-order chi connectivity index (χ1) is 11.1. The van der Waals surface area contributed by atoms with Gasteiger partial charge < -0.3 is 20.1 Å². The van der Waals surface area contributed by atoms with Crippen LogP contribution in [0.5, 0.6) is 5.75 Å². The average Bonchev–Trinajstić information content (AvgIpc) is 2.53. The Morgan fingerprint density at radius 3 is 2.91 bits per heavy atom. The van der Waals surface area contributed by atoms with Crippen LogP contribution in [0.15, 0.2) is 30.5 Å². The summed E-state index contributed by atoms with van der Waals surface area (Å²) in [6.07, 6.45) is 6.55. The third-order valence-corrected chi connectivity index (χ3v) is 4.08. The van der Waals surface area contributed by atoms with E-state index in [1.54, 1.807) is 4.90 Å². The molecule has 122 valence electrons.